The van der Waals surface area contributed by atoms with E-state index in [9.17, 15) is 0 Å². The topological polar surface area (TPSA) is 51.6 Å². The van der Waals surface area contributed by atoms with Gasteiger partial charge in [-0.05, 0) is 79.9 Å². The maximum Gasteiger partial charge on any atom is 0.164 e. The Labute approximate surface area is 348 Å². The number of nitrogens with zero attached hydrogens (tertiary/aromatic N) is 4. The van der Waals surface area contributed by atoms with Crippen molar-refractivity contribution in [2.24, 2.45) is 0 Å². The summed E-state index contributed by atoms with van der Waals surface area (Å²) in [5, 5.41) is 5.97. The average Bonchev–Trinajstić information content (AvgIpc) is 3.34. The van der Waals surface area contributed by atoms with Crippen LogP contribution in [0.5, 0.6) is 0 Å². The summed E-state index contributed by atoms with van der Waals surface area (Å²) >= 11 is 0. The molecule has 0 saturated carbocycles. The maximum absolute atomic E-state index is 5.17. The molecule has 0 spiro atoms. The van der Waals surface area contributed by atoms with Crippen LogP contribution in [0.15, 0.2) is 218 Å². The van der Waals surface area contributed by atoms with Gasteiger partial charge in [-0.2, -0.15) is 0 Å². The van der Waals surface area contributed by atoms with E-state index < -0.39 is 0 Å². The Morgan fingerprint density at radius 3 is 1.27 bits per heavy atom. The molecule has 0 aliphatic carbocycles. The number of hydrogen-bond acceptors (Lipinski definition) is 4. The molecule has 4 nitrogen and oxygen atoms in total. The van der Waals surface area contributed by atoms with Gasteiger partial charge in [0.05, 0.1) is 11.2 Å². The fourth-order valence-corrected chi connectivity index (χ4v) is 8.20. The highest BCUT2D eigenvalue weighted by Gasteiger charge is 2.16. The SMILES string of the molecule is c1ccc(-c2nc(-c3ccccc3)nc(-c3cc(-c4ccc(-c5ccc6ccccc6c5)cc4)cc(-c4ccc(-c5nc6ccccc6c6ccccc56)cc4)c3)n2)cc1. The lowest BCUT2D eigenvalue weighted by molar-refractivity contribution is 1.07. The number of pyridine rings is 1. The van der Waals surface area contributed by atoms with Crippen molar-refractivity contribution in [3.8, 4) is 78.8 Å². The van der Waals surface area contributed by atoms with Crippen LogP contribution in [0.2, 0.25) is 0 Å². The first-order chi connectivity index (χ1) is 29.7. The van der Waals surface area contributed by atoms with Gasteiger partial charge in [0, 0.05) is 33.0 Å². The van der Waals surface area contributed by atoms with Gasteiger partial charge in [-0.25, -0.2) is 19.9 Å². The van der Waals surface area contributed by atoms with Gasteiger partial charge in [-0.15, -0.1) is 0 Å². The van der Waals surface area contributed by atoms with Crippen molar-refractivity contribution in [2.75, 3.05) is 0 Å². The normalized spacial score (nSPS) is 11.3. The van der Waals surface area contributed by atoms with Crippen LogP contribution in [-0.4, -0.2) is 19.9 Å². The van der Waals surface area contributed by atoms with Crippen LogP contribution < -0.4 is 0 Å². The number of rotatable bonds is 7. The van der Waals surface area contributed by atoms with Gasteiger partial charge >= 0.3 is 0 Å². The van der Waals surface area contributed by atoms with E-state index in [1.54, 1.807) is 0 Å². The van der Waals surface area contributed by atoms with Crippen molar-refractivity contribution in [1.29, 1.82) is 0 Å². The lowest BCUT2D eigenvalue weighted by atomic mass is 9.93. The molecular weight excluding hydrogens is 729 g/mol. The molecule has 60 heavy (non-hydrogen) atoms. The number of fused-ring (bicyclic) bond motifs is 4. The van der Waals surface area contributed by atoms with Crippen LogP contribution in [0.3, 0.4) is 0 Å². The smallest absolute Gasteiger partial charge is 0.164 e. The Balaban J connectivity index is 1.05. The number of benzene rings is 9. The second-order valence-corrected chi connectivity index (χ2v) is 15.1. The van der Waals surface area contributed by atoms with Gasteiger partial charge in [0.2, 0.25) is 0 Å². The van der Waals surface area contributed by atoms with Crippen molar-refractivity contribution >= 4 is 32.4 Å². The maximum atomic E-state index is 5.17. The molecule has 4 heteroatoms. The minimum Gasteiger partial charge on any atom is -0.247 e. The first kappa shape index (κ1) is 35.1. The van der Waals surface area contributed by atoms with Crippen LogP contribution in [0.1, 0.15) is 0 Å². The van der Waals surface area contributed by atoms with E-state index in [4.69, 9.17) is 19.9 Å². The summed E-state index contributed by atoms with van der Waals surface area (Å²) < 4.78 is 0. The van der Waals surface area contributed by atoms with Gasteiger partial charge in [0.1, 0.15) is 0 Å². The number of para-hydroxylation sites is 1. The Morgan fingerprint density at radius 1 is 0.217 bits per heavy atom. The van der Waals surface area contributed by atoms with Crippen LogP contribution in [0, 0.1) is 0 Å². The van der Waals surface area contributed by atoms with Crippen molar-refractivity contribution in [3.63, 3.8) is 0 Å². The summed E-state index contributed by atoms with van der Waals surface area (Å²) in [7, 11) is 0. The molecule has 0 amide bonds. The second-order valence-electron chi connectivity index (χ2n) is 15.1. The van der Waals surface area contributed by atoms with Gasteiger partial charge in [0.15, 0.2) is 17.5 Å². The minimum atomic E-state index is 0.613. The fourth-order valence-electron chi connectivity index (χ4n) is 8.20. The van der Waals surface area contributed by atoms with Gasteiger partial charge < -0.3 is 0 Å². The van der Waals surface area contributed by atoms with Crippen LogP contribution in [0.4, 0.5) is 0 Å². The van der Waals surface area contributed by atoms with Crippen LogP contribution >= 0.6 is 0 Å². The lowest BCUT2D eigenvalue weighted by Crippen LogP contribution is -2.00. The molecule has 0 saturated heterocycles. The molecule has 0 fully saturated rings. The zero-order valence-corrected chi connectivity index (χ0v) is 32.6. The van der Waals surface area contributed by atoms with E-state index in [1.807, 2.05) is 60.7 Å². The molecule has 2 aromatic heterocycles. The molecule has 11 aromatic rings. The quantitative estimate of drug-likeness (QED) is 0.152. The zero-order valence-electron chi connectivity index (χ0n) is 32.6. The summed E-state index contributed by atoms with van der Waals surface area (Å²) in [5.41, 5.74) is 12.5. The van der Waals surface area contributed by atoms with E-state index >= 15 is 0 Å². The molecule has 0 bridgehead atoms. The molecule has 0 N–H and O–H groups in total. The van der Waals surface area contributed by atoms with E-state index in [0.717, 1.165) is 66.5 Å². The van der Waals surface area contributed by atoms with Gasteiger partial charge in [0.25, 0.3) is 0 Å². The van der Waals surface area contributed by atoms with Crippen molar-refractivity contribution < 1.29 is 0 Å². The van der Waals surface area contributed by atoms with Crippen LogP contribution in [0.25, 0.3) is 111 Å². The average molecular weight is 765 g/mol. The summed E-state index contributed by atoms with van der Waals surface area (Å²) in [6, 6.07) is 76.6. The Bertz CT molecular complexity index is 3280. The Kier molecular flexibility index (Phi) is 8.79. The molecule has 0 atom stereocenters. The molecule has 280 valence electrons. The monoisotopic (exact) mass is 764 g/mol. The highest BCUT2D eigenvalue weighted by atomic mass is 15.0. The molecule has 0 aliphatic rings. The zero-order chi connectivity index (χ0) is 39.8. The van der Waals surface area contributed by atoms with Gasteiger partial charge in [-0.3, -0.25) is 0 Å². The third-order valence-corrected chi connectivity index (χ3v) is 11.3. The predicted octanol–water partition coefficient (Wildman–Crippen LogP) is 14.4. The first-order valence-corrected chi connectivity index (χ1v) is 20.2. The second kappa shape index (κ2) is 15.0. The molecule has 2 heterocycles. The third-order valence-electron chi connectivity index (χ3n) is 11.3. The summed E-state index contributed by atoms with van der Waals surface area (Å²) in [6.07, 6.45) is 0. The molecule has 0 aliphatic heterocycles. The first-order valence-electron chi connectivity index (χ1n) is 20.2. The van der Waals surface area contributed by atoms with Crippen molar-refractivity contribution in [1.82, 2.24) is 19.9 Å². The summed E-state index contributed by atoms with van der Waals surface area (Å²) in [4.78, 5) is 20.4. The lowest BCUT2D eigenvalue weighted by Gasteiger charge is -2.14. The molecule has 9 aromatic carbocycles. The van der Waals surface area contributed by atoms with Crippen molar-refractivity contribution in [3.05, 3.63) is 218 Å². The minimum absolute atomic E-state index is 0.613. The highest BCUT2D eigenvalue weighted by molar-refractivity contribution is 6.10. The Hall–Kier alpha value is -8.08. The molecule has 11 rings (SSSR count). The molecule has 0 unspecified atom stereocenters. The summed E-state index contributed by atoms with van der Waals surface area (Å²) in [5.74, 6) is 1.87. The fraction of sp³-hybridized carbons (Fsp3) is 0. The Morgan fingerprint density at radius 2 is 0.650 bits per heavy atom. The van der Waals surface area contributed by atoms with E-state index in [-0.39, 0.29) is 0 Å². The summed E-state index contributed by atoms with van der Waals surface area (Å²) in [6.45, 7) is 0. The largest absolute Gasteiger partial charge is 0.247 e. The standard InChI is InChI=1S/C56H36N4/c1-3-14-42(15-4-1)54-58-55(43-16-5-2-6-17-43)60-56(59-54)48-35-46(39-25-23-38(24-26-39)45-32-29-37-13-7-8-18-44(37)33-45)34-47(36-48)40-27-30-41(31-28-40)53-51-21-10-9-19-49(51)50-20-11-12-22-52(50)57-53/h1-36H. The van der Waals surface area contributed by atoms with E-state index in [1.165, 1.54) is 27.3 Å². The molecule has 0 radical (unpaired) electrons. The van der Waals surface area contributed by atoms with E-state index in [2.05, 4.69) is 158 Å². The third kappa shape index (κ3) is 6.66. The highest BCUT2D eigenvalue weighted by Crippen LogP contribution is 2.37. The van der Waals surface area contributed by atoms with Gasteiger partial charge in [-0.1, -0.05) is 188 Å². The number of aromatic nitrogens is 4. The van der Waals surface area contributed by atoms with E-state index in [0.29, 0.717) is 17.5 Å². The predicted molar refractivity (Wildman–Crippen MR) is 248 cm³/mol. The molecular formula is C56H36N4. The number of hydrogen-bond donors (Lipinski definition) is 0. The van der Waals surface area contributed by atoms with Crippen molar-refractivity contribution in [2.45, 2.75) is 0 Å². The van der Waals surface area contributed by atoms with Crippen LogP contribution in [-0.2, 0) is 0 Å².